The molecule has 0 unspecified atom stereocenters. The van der Waals surface area contributed by atoms with E-state index in [1.165, 1.54) is 36.4 Å². The number of phenols is 2. The van der Waals surface area contributed by atoms with E-state index in [0.29, 0.717) is 40.2 Å². The van der Waals surface area contributed by atoms with Crippen LogP contribution in [0, 0.1) is 19.7 Å². The molecule has 2 amide bonds. The van der Waals surface area contributed by atoms with Crippen molar-refractivity contribution in [3.63, 3.8) is 0 Å². The van der Waals surface area contributed by atoms with E-state index >= 15 is 0 Å². The van der Waals surface area contributed by atoms with Gasteiger partial charge in [0.2, 0.25) is 0 Å². The molecule has 0 bridgehead atoms. The number of rotatable bonds is 9. The summed E-state index contributed by atoms with van der Waals surface area (Å²) in [5, 5.41) is 32.0. The predicted molar refractivity (Wildman–Crippen MR) is 160 cm³/mol. The standard InChI is InChI=1S/C22H27FN4O2.C9H8O4/c1-5-27(6-2)10-9-24-22(29)20-13(3)19(25-14(20)4)12-17-16-11-15(23)7-8-18(16)26-21(17)28;10-7-3-1-6(5-8(7)11)2-4-9(12)13/h7-8,11-12,25H,5-6,9-10H2,1-4H3,(H,24,29)(H,26,28);1-5,10-11H,(H,12,13). The fourth-order valence-electron chi connectivity index (χ4n) is 4.47. The number of hydrogen-bond acceptors (Lipinski definition) is 6. The highest BCUT2D eigenvalue weighted by Crippen LogP contribution is 2.34. The van der Waals surface area contributed by atoms with E-state index in [4.69, 9.17) is 15.3 Å². The van der Waals surface area contributed by atoms with Crippen molar-refractivity contribution in [2.75, 3.05) is 31.5 Å². The zero-order valence-electron chi connectivity index (χ0n) is 23.9. The van der Waals surface area contributed by atoms with Crippen molar-refractivity contribution in [3.8, 4) is 11.5 Å². The third-order valence-corrected chi connectivity index (χ3v) is 6.78. The molecule has 222 valence electrons. The number of aliphatic carboxylic acids is 1. The number of aryl methyl sites for hydroxylation is 1. The molecule has 10 nitrogen and oxygen atoms in total. The average Bonchev–Trinajstić information content (AvgIpc) is 3.41. The van der Waals surface area contributed by atoms with E-state index in [1.54, 1.807) is 12.1 Å². The molecule has 0 spiro atoms. The molecule has 0 fully saturated rings. The van der Waals surface area contributed by atoms with Crippen molar-refractivity contribution in [1.29, 1.82) is 0 Å². The van der Waals surface area contributed by atoms with Crippen LogP contribution in [0.4, 0.5) is 10.1 Å². The molecule has 42 heavy (non-hydrogen) atoms. The van der Waals surface area contributed by atoms with E-state index < -0.39 is 11.8 Å². The molecule has 6 N–H and O–H groups in total. The van der Waals surface area contributed by atoms with Crippen molar-refractivity contribution in [2.24, 2.45) is 0 Å². The third kappa shape index (κ3) is 7.85. The molecule has 11 heteroatoms. The third-order valence-electron chi connectivity index (χ3n) is 6.78. The zero-order chi connectivity index (χ0) is 31.0. The maximum absolute atomic E-state index is 13.7. The molecule has 0 saturated heterocycles. The number of benzene rings is 2. The van der Waals surface area contributed by atoms with Gasteiger partial charge in [-0.1, -0.05) is 19.9 Å². The largest absolute Gasteiger partial charge is 0.504 e. The van der Waals surface area contributed by atoms with Gasteiger partial charge in [-0.25, -0.2) is 9.18 Å². The second kappa shape index (κ2) is 14.1. The van der Waals surface area contributed by atoms with Crippen LogP contribution in [0.1, 0.15) is 52.3 Å². The fourth-order valence-corrected chi connectivity index (χ4v) is 4.47. The van der Waals surface area contributed by atoms with Crippen LogP contribution in [-0.2, 0) is 9.59 Å². The molecule has 0 radical (unpaired) electrons. The molecular formula is C31H35FN4O6. The first-order valence-corrected chi connectivity index (χ1v) is 13.4. The number of hydrogen-bond donors (Lipinski definition) is 6. The lowest BCUT2D eigenvalue weighted by Crippen LogP contribution is -2.35. The van der Waals surface area contributed by atoms with Gasteiger partial charge in [0, 0.05) is 41.8 Å². The number of fused-ring (bicyclic) bond motifs is 1. The van der Waals surface area contributed by atoms with Gasteiger partial charge in [-0.05, 0) is 80.5 Å². The van der Waals surface area contributed by atoms with Crippen LogP contribution in [-0.4, -0.2) is 69.2 Å². The Bertz CT molecular complexity index is 1540. The number of nitrogens with one attached hydrogen (secondary N) is 3. The highest BCUT2D eigenvalue weighted by Gasteiger charge is 2.26. The minimum atomic E-state index is -1.06. The zero-order valence-corrected chi connectivity index (χ0v) is 23.9. The predicted octanol–water partition coefficient (Wildman–Crippen LogP) is 4.53. The lowest BCUT2D eigenvalue weighted by atomic mass is 10.0. The Morgan fingerprint density at radius 3 is 2.40 bits per heavy atom. The van der Waals surface area contributed by atoms with Crippen LogP contribution in [0.15, 0.2) is 42.5 Å². The summed E-state index contributed by atoms with van der Waals surface area (Å²) < 4.78 is 13.7. The minimum absolute atomic E-state index is 0.143. The molecule has 3 aromatic rings. The maximum atomic E-state index is 13.7. The van der Waals surface area contributed by atoms with Crippen LogP contribution in [0.2, 0.25) is 0 Å². The summed E-state index contributed by atoms with van der Waals surface area (Å²) in [7, 11) is 0. The summed E-state index contributed by atoms with van der Waals surface area (Å²) >= 11 is 0. The smallest absolute Gasteiger partial charge is 0.328 e. The van der Waals surface area contributed by atoms with Crippen molar-refractivity contribution in [2.45, 2.75) is 27.7 Å². The monoisotopic (exact) mass is 578 g/mol. The van der Waals surface area contributed by atoms with E-state index in [-0.39, 0.29) is 23.3 Å². The van der Waals surface area contributed by atoms with Crippen molar-refractivity contribution < 1.29 is 34.1 Å². The van der Waals surface area contributed by atoms with Gasteiger partial charge in [0.15, 0.2) is 11.5 Å². The van der Waals surface area contributed by atoms with E-state index in [2.05, 4.69) is 34.4 Å². The topological polar surface area (TPSA) is 155 Å². The van der Waals surface area contributed by atoms with Gasteiger partial charge in [-0.3, -0.25) is 9.59 Å². The van der Waals surface area contributed by atoms with Crippen molar-refractivity contribution in [3.05, 3.63) is 81.9 Å². The molecular weight excluding hydrogens is 543 g/mol. The number of phenolic OH excluding ortho intramolecular Hbond substituents is 2. The molecule has 2 aromatic carbocycles. The number of carboxylic acid groups (broad SMARTS) is 1. The molecule has 0 aliphatic carbocycles. The highest BCUT2D eigenvalue weighted by atomic mass is 19.1. The first-order chi connectivity index (χ1) is 19.9. The lowest BCUT2D eigenvalue weighted by molar-refractivity contribution is -0.131. The van der Waals surface area contributed by atoms with E-state index in [9.17, 15) is 18.8 Å². The first kappa shape index (κ1) is 31.6. The second-order valence-corrected chi connectivity index (χ2v) is 9.57. The SMILES string of the molecule is CCN(CC)CCNC(=O)c1c(C)[nH]c(C=C2C(=O)Nc3ccc(F)cc32)c1C.O=C(O)C=Cc1ccc(O)c(O)c1. The number of nitrogens with zero attached hydrogens (tertiary/aromatic N) is 1. The molecule has 1 aromatic heterocycles. The van der Waals surface area contributed by atoms with Gasteiger partial charge in [-0.2, -0.15) is 0 Å². The summed E-state index contributed by atoms with van der Waals surface area (Å²) in [5.74, 6) is -2.40. The van der Waals surface area contributed by atoms with E-state index in [0.717, 1.165) is 37.0 Å². The van der Waals surface area contributed by atoms with Crippen LogP contribution >= 0.6 is 0 Å². The van der Waals surface area contributed by atoms with Gasteiger partial charge in [0.1, 0.15) is 5.82 Å². The van der Waals surface area contributed by atoms with Gasteiger partial charge in [0.25, 0.3) is 11.8 Å². The summed E-state index contributed by atoms with van der Waals surface area (Å²) in [5.41, 5.74) is 4.72. The number of aromatic nitrogens is 1. The van der Waals surface area contributed by atoms with Crippen LogP contribution in [0.3, 0.4) is 0 Å². The summed E-state index contributed by atoms with van der Waals surface area (Å²) in [6, 6.07) is 8.25. The Morgan fingerprint density at radius 2 is 1.76 bits per heavy atom. The number of likely N-dealkylation sites (N-methyl/N-ethyl adjacent to an activating group) is 1. The number of carbonyl (C=O) groups excluding carboxylic acids is 2. The average molecular weight is 579 g/mol. The lowest BCUT2D eigenvalue weighted by Gasteiger charge is -2.18. The van der Waals surface area contributed by atoms with Crippen LogP contribution in [0.5, 0.6) is 11.5 Å². The van der Waals surface area contributed by atoms with Crippen LogP contribution in [0.25, 0.3) is 17.7 Å². The normalized spacial score (nSPS) is 13.2. The maximum Gasteiger partial charge on any atom is 0.328 e. The van der Waals surface area contributed by atoms with Gasteiger partial charge >= 0.3 is 5.97 Å². The summed E-state index contributed by atoms with van der Waals surface area (Å²) in [4.78, 5) is 40.6. The number of amides is 2. The molecule has 4 rings (SSSR count). The Balaban J connectivity index is 0.000000312. The van der Waals surface area contributed by atoms with Crippen LogP contribution < -0.4 is 10.6 Å². The Kier molecular flexibility index (Phi) is 10.6. The molecule has 0 saturated carbocycles. The molecule has 2 heterocycles. The Labute approximate surface area is 243 Å². The van der Waals surface area contributed by atoms with Crippen molar-refractivity contribution >= 4 is 41.2 Å². The van der Waals surface area contributed by atoms with E-state index in [1.807, 2.05) is 13.8 Å². The number of carboxylic acids is 1. The molecule has 1 aliphatic rings. The minimum Gasteiger partial charge on any atom is -0.504 e. The number of carbonyl (C=O) groups is 3. The van der Waals surface area contributed by atoms with Gasteiger partial charge in [-0.15, -0.1) is 0 Å². The number of aromatic hydroxyl groups is 2. The second-order valence-electron chi connectivity index (χ2n) is 9.57. The molecule has 1 aliphatic heterocycles. The number of H-pyrrole nitrogens is 1. The van der Waals surface area contributed by atoms with Crippen molar-refractivity contribution in [1.82, 2.24) is 15.2 Å². The van der Waals surface area contributed by atoms with Gasteiger partial charge in [0.05, 0.1) is 11.1 Å². The number of aromatic amines is 1. The highest BCUT2D eigenvalue weighted by molar-refractivity contribution is 6.34. The Morgan fingerprint density at radius 1 is 1.05 bits per heavy atom. The summed E-state index contributed by atoms with van der Waals surface area (Å²) in [6.45, 7) is 11.1. The van der Waals surface area contributed by atoms with Gasteiger partial charge < -0.3 is 35.8 Å². The first-order valence-electron chi connectivity index (χ1n) is 13.4. The number of halogens is 1. The fraction of sp³-hybridized carbons (Fsp3) is 0.258. The quantitative estimate of drug-likeness (QED) is 0.161. The Hall–Kier alpha value is -4.90. The summed E-state index contributed by atoms with van der Waals surface area (Å²) in [6.07, 6.45) is 3.95. The number of anilines is 1. The molecule has 0 atom stereocenters.